The van der Waals surface area contributed by atoms with Crippen LogP contribution in [0.25, 0.3) is 11.1 Å². The third-order valence-electron chi connectivity index (χ3n) is 6.14. The normalized spacial score (nSPS) is 16.0. The molecule has 0 spiro atoms. The number of hydrogen-bond donors (Lipinski definition) is 1. The van der Waals surface area contributed by atoms with E-state index in [9.17, 15) is 4.79 Å². The van der Waals surface area contributed by atoms with Crippen LogP contribution in [0.1, 0.15) is 49.4 Å². The third-order valence-corrected chi connectivity index (χ3v) is 6.39. The fraction of sp³-hybridized carbons (Fsp3) is 0.393. The number of nitrogens with one attached hydrogen (secondary N) is 1. The summed E-state index contributed by atoms with van der Waals surface area (Å²) in [5.74, 6) is 0.500. The van der Waals surface area contributed by atoms with Gasteiger partial charge in [0.1, 0.15) is 6.61 Å². The van der Waals surface area contributed by atoms with Crippen molar-refractivity contribution in [1.29, 1.82) is 0 Å². The predicted molar refractivity (Wildman–Crippen MR) is 134 cm³/mol. The minimum absolute atomic E-state index is 0.0519. The quantitative estimate of drug-likeness (QED) is 0.398. The lowest BCUT2D eigenvalue weighted by Crippen LogP contribution is -2.26. The van der Waals surface area contributed by atoms with Crippen LogP contribution in [0.15, 0.2) is 59.4 Å². The molecule has 0 aliphatic carbocycles. The maximum atomic E-state index is 13.2. The summed E-state index contributed by atoms with van der Waals surface area (Å²) >= 11 is 6.08. The Morgan fingerprint density at radius 2 is 1.73 bits per heavy atom. The molecule has 1 aliphatic rings. The third kappa shape index (κ3) is 6.49. The summed E-state index contributed by atoms with van der Waals surface area (Å²) in [7, 11) is 0. The van der Waals surface area contributed by atoms with Gasteiger partial charge in [-0.3, -0.25) is 4.79 Å². The van der Waals surface area contributed by atoms with Crippen molar-refractivity contribution < 1.29 is 9.47 Å². The van der Waals surface area contributed by atoms with Gasteiger partial charge >= 0.3 is 0 Å². The number of halogens is 1. The number of aromatic amines is 1. The van der Waals surface area contributed by atoms with E-state index in [4.69, 9.17) is 21.1 Å². The second-order valence-corrected chi connectivity index (χ2v) is 9.16. The largest absolute Gasteiger partial charge is 0.476 e. The van der Waals surface area contributed by atoms with Gasteiger partial charge in [-0.15, -0.1) is 0 Å². The summed E-state index contributed by atoms with van der Waals surface area (Å²) < 4.78 is 11.7. The van der Waals surface area contributed by atoms with Gasteiger partial charge in [0.15, 0.2) is 11.3 Å². The van der Waals surface area contributed by atoms with Gasteiger partial charge in [-0.1, -0.05) is 61.3 Å². The van der Waals surface area contributed by atoms with Crippen molar-refractivity contribution in [2.75, 3.05) is 13.2 Å². The van der Waals surface area contributed by atoms with E-state index in [0.29, 0.717) is 29.5 Å². The number of H-pyrrole nitrogens is 1. The molecule has 0 radical (unpaired) electrons. The van der Waals surface area contributed by atoms with Crippen LogP contribution in [0.4, 0.5) is 0 Å². The van der Waals surface area contributed by atoms with Crippen LogP contribution in [0.3, 0.4) is 0 Å². The molecule has 4 rings (SSSR count). The van der Waals surface area contributed by atoms with E-state index in [1.807, 2.05) is 24.3 Å². The first-order valence-electron chi connectivity index (χ1n) is 12.0. The Morgan fingerprint density at radius 1 is 1.00 bits per heavy atom. The summed E-state index contributed by atoms with van der Waals surface area (Å²) in [6, 6.07) is 17.7. The number of pyridine rings is 1. The first-order valence-corrected chi connectivity index (χ1v) is 12.3. The lowest BCUT2D eigenvalue weighted by atomic mass is 9.98. The molecule has 3 aromatic rings. The fourth-order valence-electron chi connectivity index (χ4n) is 4.34. The minimum Gasteiger partial charge on any atom is -0.476 e. The molecule has 2 heterocycles. The Bertz CT molecular complexity index is 1080. The molecule has 33 heavy (non-hydrogen) atoms. The van der Waals surface area contributed by atoms with Crippen molar-refractivity contribution in [1.82, 2.24) is 4.98 Å². The zero-order chi connectivity index (χ0) is 23.0. The van der Waals surface area contributed by atoms with Crippen molar-refractivity contribution in [3.8, 4) is 17.0 Å². The molecule has 1 aliphatic heterocycles. The molecule has 2 aromatic carbocycles. The minimum atomic E-state index is -0.0519. The number of aromatic nitrogens is 1. The molecule has 5 heteroatoms. The molecule has 4 nitrogen and oxygen atoms in total. The Hall–Kier alpha value is -2.56. The number of hydrogen-bond acceptors (Lipinski definition) is 3. The maximum Gasteiger partial charge on any atom is 0.194 e. The monoisotopic (exact) mass is 465 g/mol. The summed E-state index contributed by atoms with van der Waals surface area (Å²) in [5.41, 5.74) is 4.97. The molecule has 1 aromatic heterocycles. The molecule has 1 fully saturated rings. The van der Waals surface area contributed by atoms with E-state index in [0.717, 1.165) is 56.4 Å². The van der Waals surface area contributed by atoms with Gasteiger partial charge in [0.2, 0.25) is 0 Å². The van der Waals surface area contributed by atoms with Crippen molar-refractivity contribution in [3.05, 3.63) is 86.7 Å². The highest BCUT2D eigenvalue weighted by atomic mass is 35.5. The average Bonchev–Trinajstić information content (AvgIpc) is 2.84. The lowest BCUT2D eigenvalue weighted by Gasteiger charge is -2.22. The van der Waals surface area contributed by atoms with Crippen LogP contribution < -0.4 is 10.2 Å². The highest BCUT2D eigenvalue weighted by molar-refractivity contribution is 6.30. The van der Waals surface area contributed by atoms with Crippen molar-refractivity contribution in [2.45, 2.75) is 58.0 Å². The first kappa shape index (κ1) is 23.6. The van der Waals surface area contributed by atoms with Crippen molar-refractivity contribution in [3.63, 3.8) is 0 Å². The van der Waals surface area contributed by atoms with Crippen LogP contribution in [0, 0.1) is 0 Å². The van der Waals surface area contributed by atoms with Crippen LogP contribution in [-0.4, -0.2) is 24.3 Å². The van der Waals surface area contributed by atoms with E-state index in [2.05, 4.69) is 36.2 Å². The standard InChI is InChI=1S/C28H32ClNO3/c1-2-5-20-7-9-21(10-8-20)11-16-25-28(22-12-14-23(29)15-13-22)26(31)18-27(30-25)33-19-24-6-3-4-17-32-24/h7-10,12-15,18,24H,2-6,11,16-17,19H2,1H3,(H,30,31). The Kier molecular flexibility index (Phi) is 8.25. The van der Waals surface area contributed by atoms with Crippen LogP contribution in [0.5, 0.6) is 5.88 Å². The van der Waals surface area contributed by atoms with Crippen molar-refractivity contribution >= 4 is 11.6 Å². The van der Waals surface area contributed by atoms with E-state index < -0.39 is 0 Å². The van der Waals surface area contributed by atoms with Gasteiger partial charge < -0.3 is 14.5 Å². The molecular formula is C28H32ClNO3. The highest BCUT2D eigenvalue weighted by Crippen LogP contribution is 2.25. The van der Waals surface area contributed by atoms with E-state index in [-0.39, 0.29) is 11.5 Å². The number of ether oxygens (including phenoxy) is 2. The summed E-state index contributed by atoms with van der Waals surface area (Å²) in [6.45, 7) is 3.43. The number of rotatable bonds is 9. The topological polar surface area (TPSA) is 51.3 Å². The number of benzene rings is 2. The molecule has 0 bridgehead atoms. The second-order valence-electron chi connectivity index (χ2n) is 8.72. The van der Waals surface area contributed by atoms with Crippen LogP contribution >= 0.6 is 11.6 Å². The molecule has 0 amide bonds. The molecular weight excluding hydrogens is 434 g/mol. The van der Waals surface area contributed by atoms with Gasteiger partial charge in [0.25, 0.3) is 0 Å². The SMILES string of the molecule is CCCc1ccc(CCc2[nH]c(OCC3CCCCO3)cc(=O)c2-c2ccc(Cl)cc2)cc1. The zero-order valence-electron chi connectivity index (χ0n) is 19.2. The molecule has 1 N–H and O–H groups in total. The van der Waals surface area contributed by atoms with Gasteiger partial charge in [-0.25, -0.2) is 0 Å². The van der Waals surface area contributed by atoms with Gasteiger partial charge in [0.05, 0.1) is 6.10 Å². The first-order chi connectivity index (χ1) is 16.1. The van der Waals surface area contributed by atoms with E-state index in [1.165, 1.54) is 11.1 Å². The van der Waals surface area contributed by atoms with Gasteiger partial charge in [-0.2, -0.15) is 0 Å². The fourth-order valence-corrected chi connectivity index (χ4v) is 4.46. The summed E-state index contributed by atoms with van der Waals surface area (Å²) in [6.07, 6.45) is 7.11. The van der Waals surface area contributed by atoms with Crippen LogP contribution in [-0.2, 0) is 24.0 Å². The zero-order valence-corrected chi connectivity index (χ0v) is 20.0. The van der Waals surface area contributed by atoms with Crippen LogP contribution in [0.2, 0.25) is 5.02 Å². The molecule has 1 saturated heterocycles. The second kappa shape index (κ2) is 11.5. The summed E-state index contributed by atoms with van der Waals surface area (Å²) in [5, 5.41) is 0.649. The smallest absolute Gasteiger partial charge is 0.194 e. The average molecular weight is 466 g/mol. The Balaban J connectivity index is 1.57. The Labute approximate surface area is 200 Å². The predicted octanol–water partition coefficient (Wildman–Crippen LogP) is 6.38. The Morgan fingerprint density at radius 3 is 2.39 bits per heavy atom. The molecule has 0 saturated carbocycles. The van der Waals surface area contributed by atoms with Crippen molar-refractivity contribution in [2.24, 2.45) is 0 Å². The number of aryl methyl sites for hydroxylation is 3. The van der Waals surface area contributed by atoms with Gasteiger partial charge in [0, 0.05) is 29.0 Å². The molecule has 1 unspecified atom stereocenters. The molecule has 174 valence electrons. The van der Waals surface area contributed by atoms with E-state index in [1.54, 1.807) is 6.07 Å². The van der Waals surface area contributed by atoms with Gasteiger partial charge in [-0.05, 0) is 67.3 Å². The summed E-state index contributed by atoms with van der Waals surface area (Å²) in [4.78, 5) is 16.6. The molecule has 1 atom stereocenters. The lowest BCUT2D eigenvalue weighted by molar-refractivity contribution is -0.0119. The highest BCUT2D eigenvalue weighted by Gasteiger charge is 2.17. The maximum absolute atomic E-state index is 13.2. The van der Waals surface area contributed by atoms with E-state index >= 15 is 0 Å².